The molecule has 0 N–H and O–H groups in total. The molecule has 4 unspecified atom stereocenters. The van der Waals surface area contributed by atoms with Crippen molar-refractivity contribution in [3.05, 3.63) is 0 Å². The minimum Gasteiger partial charge on any atom is -0.349 e. The van der Waals surface area contributed by atoms with Crippen molar-refractivity contribution in [2.75, 3.05) is 6.61 Å². The second-order valence-corrected chi connectivity index (χ2v) is 2.74. The lowest BCUT2D eigenvalue weighted by molar-refractivity contribution is -0.313. The summed E-state index contributed by atoms with van der Waals surface area (Å²) in [5.41, 5.74) is 0. The average molecular weight is 144 g/mol. The summed E-state index contributed by atoms with van der Waals surface area (Å²) < 4.78 is 21.3. The monoisotopic (exact) mass is 144 g/mol. The summed E-state index contributed by atoms with van der Waals surface area (Å²) in [6, 6.07) is 0. The van der Waals surface area contributed by atoms with Gasteiger partial charge in [0.2, 0.25) is 0 Å². The summed E-state index contributed by atoms with van der Waals surface area (Å²) in [5, 5.41) is 0. The molecule has 10 heavy (non-hydrogen) atoms. The minimum absolute atomic E-state index is 0.0174. The van der Waals surface area contributed by atoms with Gasteiger partial charge in [-0.05, 0) is 0 Å². The molecule has 0 aromatic carbocycles. The van der Waals surface area contributed by atoms with Gasteiger partial charge in [-0.1, -0.05) is 0 Å². The molecule has 3 fully saturated rings. The van der Waals surface area contributed by atoms with E-state index >= 15 is 0 Å². The highest BCUT2D eigenvalue weighted by molar-refractivity contribution is 4.80. The van der Waals surface area contributed by atoms with E-state index in [1.165, 1.54) is 0 Å². The zero-order valence-electron chi connectivity index (χ0n) is 5.36. The smallest absolute Gasteiger partial charge is 0.192 e. The predicted molar refractivity (Wildman–Crippen MR) is 29.0 cm³/mol. The standard InChI is InChI=1S/C6H8O4/c1-4-7-2-3-6(9-4)10-5(1)8-3/h3-6H,1-2H2. The van der Waals surface area contributed by atoms with Crippen molar-refractivity contribution in [1.82, 2.24) is 0 Å². The van der Waals surface area contributed by atoms with Gasteiger partial charge in [0.1, 0.15) is 6.10 Å². The number of fused-ring (bicyclic) bond motifs is 2. The van der Waals surface area contributed by atoms with Gasteiger partial charge in [-0.25, -0.2) is 0 Å². The molecule has 0 aliphatic carbocycles. The van der Waals surface area contributed by atoms with E-state index < -0.39 is 0 Å². The highest BCUT2D eigenvalue weighted by atomic mass is 16.9. The Labute approximate surface area is 58.0 Å². The molecular formula is C6H8O4. The molecule has 3 saturated heterocycles. The topological polar surface area (TPSA) is 36.9 Å². The molecule has 3 aliphatic heterocycles. The number of hydrogen-bond donors (Lipinski definition) is 0. The van der Waals surface area contributed by atoms with Crippen molar-refractivity contribution in [1.29, 1.82) is 0 Å². The Morgan fingerprint density at radius 1 is 1.00 bits per heavy atom. The summed E-state index contributed by atoms with van der Waals surface area (Å²) in [6.45, 7) is 0.617. The number of hydrogen-bond acceptors (Lipinski definition) is 4. The molecule has 3 bridgehead atoms. The summed E-state index contributed by atoms with van der Waals surface area (Å²) >= 11 is 0. The molecule has 3 heterocycles. The average Bonchev–Trinajstić information content (AvgIpc) is 2.11. The maximum Gasteiger partial charge on any atom is 0.192 e. The van der Waals surface area contributed by atoms with E-state index in [0.29, 0.717) is 13.0 Å². The largest absolute Gasteiger partial charge is 0.349 e. The second kappa shape index (κ2) is 1.71. The molecule has 4 atom stereocenters. The molecule has 0 aromatic rings. The molecule has 0 spiro atoms. The first-order valence-electron chi connectivity index (χ1n) is 3.50. The van der Waals surface area contributed by atoms with E-state index in [0.717, 1.165) is 0 Å². The molecule has 56 valence electrons. The number of ether oxygens (including phenoxy) is 4. The van der Waals surface area contributed by atoms with Crippen LogP contribution in [-0.2, 0) is 18.9 Å². The summed E-state index contributed by atoms with van der Waals surface area (Å²) in [4.78, 5) is 0. The lowest BCUT2D eigenvalue weighted by Crippen LogP contribution is -2.43. The van der Waals surface area contributed by atoms with Crippen LogP contribution in [0.25, 0.3) is 0 Å². The fourth-order valence-electron chi connectivity index (χ4n) is 1.55. The van der Waals surface area contributed by atoms with Crippen LogP contribution in [0.3, 0.4) is 0 Å². The molecule has 0 aromatic heterocycles. The van der Waals surface area contributed by atoms with Crippen molar-refractivity contribution in [3.8, 4) is 0 Å². The van der Waals surface area contributed by atoms with Gasteiger partial charge >= 0.3 is 0 Å². The Kier molecular flexibility index (Phi) is 0.936. The molecule has 4 nitrogen and oxygen atoms in total. The van der Waals surface area contributed by atoms with E-state index in [4.69, 9.17) is 18.9 Å². The van der Waals surface area contributed by atoms with Crippen molar-refractivity contribution >= 4 is 0 Å². The van der Waals surface area contributed by atoms with Gasteiger partial charge in [-0.2, -0.15) is 0 Å². The van der Waals surface area contributed by atoms with Crippen LogP contribution in [0, 0.1) is 0 Å². The molecule has 0 amide bonds. The van der Waals surface area contributed by atoms with E-state index in [-0.39, 0.29) is 25.0 Å². The van der Waals surface area contributed by atoms with Crippen LogP contribution in [0.15, 0.2) is 0 Å². The van der Waals surface area contributed by atoms with Gasteiger partial charge < -0.3 is 18.9 Å². The van der Waals surface area contributed by atoms with Crippen LogP contribution in [0.2, 0.25) is 0 Å². The lowest BCUT2D eigenvalue weighted by Gasteiger charge is -2.31. The van der Waals surface area contributed by atoms with Gasteiger partial charge in [0.25, 0.3) is 0 Å². The van der Waals surface area contributed by atoms with Gasteiger partial charge in [0, 0.05) is 6.42 Å². The van der Waals surface area contributed by atoms with Gasteiger partial charge in [-0.3, -0.25) is 0 Å². The van der Waals surface area contributed by atoms with Crippen molar-refractivity contribution in [2.24, 2.45) is 0 Å². The molecule has 0 radical (unpaired) electrons. The molecule has 4 heteroatoms. The Bertz CT molecular complexity index is 150. The van der Waals surface area contributed by atoms with E-state index in [1.807, 2.05) is 0 Å². The Morgan fingerprint density at radius 3 is 2.90 bits per heavy atom. The van der Waals surface area contributed by atoms with Gasteiger partial charge in [0.15, 0.2) is 18.9 Å². The first-order valence-corrected chi connectivity index (χ1v) is 3.50. The predicted octanol–water partition coefficient (Wildman–Crippen LogP) is -0.169. The maximum absolute atomic E-state index is 5.40. The summed E-state index contributed by atoms with van der Waals surface area (Å²) in [5.74, 6) is 0. The van der Waals surface area contributed by atoms with Crippen LogP contribution >= 0.6 is 0 Å². The lowest BCUT2D eigenvalue weighted by atomic mass is 10.3. The molecule has 3 aliphatic rings. The third kappa shape index (κ3) is 0.594. The van der Waals surface area contributed by atoms with Crippen LogP contribution < -0.4 is 0 Å². The van der Waals surface area contributed by atoms with E-state index in [1.54, 1.807) is 0 Å². The normalized spacial score (nSPS) is 57.6. The highest BCUT2D eigenvalue weighted by Gasteiger charge is 2.48. The van der Waals surface area contributed by atoms with Crippen LogP contribution in [0.4, 0.5) is 0 Å². The second-order valence-electron chi connectivity index (χ2n) is 2.74. The first kappa shape index (κ1) is 5.49. The van der Waals surface area contributed by atoms with Gasteiger partial charge in [-0.15, -0.1) is 0 Å². The SMILES string of the molecule is C1C2OCC3OC1OC3O2. The third-order valence-corrected chi connectivity index (χ3v) is 2.03. The van der Waals surface area contributed by atoms with E-state index in [2.05, 4.69) is 0 Å². The Hall–Kier alpha value is -0.160. The van der Waals surface area contributed by atoms with Crippen LogP contribution in [0.1, 0.15) is 6.42 Å². The zero-order chi connectivity index (χ0) is 6.55. The minimum atomic E-state index is -0.155. The van der Waals surface area contributed by atoms with Crippen LogP contribution in [0.5, 0.6) is 0 Å². The fourth-order valence-corrected chi connectivity index (χ4v) is 1.55. The quantitative estimate of drug-likeness (QED) is 0.473. The maximum atomic E-state index is 5.40. The van der Waals surface area contributed by atoms with Crippen molar-refractivity contribution < 1.29 is 18.9 Å². The Balaban J connectivity index is 1.94. The first-order chi connectivity index (χ1) is 4.92. The van der Waals surface area contributed by atoms with Crippen molar-refractivity contribution in [2.45, 2.75) is 31.4 Å². The number of rotatable bonds is 0. The zero-order valence-corrected chi connectivity index (χ0v) is 5.36. The molecule has 0 saturated carbocycles. The third-order valence-electron chi connectivity index (χ3n) is 2.03. The Morgan fingerprint density at radius 2 is 1.90 bits per heavy atom. The van der Waals surface area contributed by atoms with E-state index in [9.17, 15) is 0 Å². The molecule has 3 rings (SSSR count). The summed E-state index contributed by atoms with van der Waals surface area (Å²) in [7, 11) is 0. The van der Waals surface area contributed by atoms with Crippen molar-refractivity contribution in [3.63, 3.8) is 0 Å². The molecular weight excluding hydrogens is 136 g/mol. The summed E-state index contributed by atoms with van der Waals surface area (Å²) in [6.07, 6.45) is 0.424. The van der Waals surface area contributed by atoms with Crippen LogP contribution in [-0.4, -0.2) is 31.6 Å². The van der Waals surface area contributed by atoms with Gasteiger partial charge in [0.05, 0.1) is 6.61 Å². The highest BCUT2D eigenvalue weighted by Crippen LogP contribution is 2.35. The fraction of sp³-hybridized carbons (Fsp3) is 1.00.